The number of rotatable bonds is 2. The Bertz CT molecular complexity index is 756. The minimum absolute atomic E-state index is 0.0323. The number of benzene rings is 1. The van der Waals surface area contributed by atoms with Gasteiger partial charge >= 0.3 is 0 Å². The minimum atomic E-state index is 0.0323. The highest BCUT2D eigenvalue weighted by atomic mass is 16.5. The number of hydrogen-bond acceptors (Lipinski definition) is 6. The highest BCUT2D eigenvalue weighted by Crippen LogP contribution is 2.25. The van der Waals surface area contributed by atoms with Gasteiger partial charge in [0.1, 0.15) is 0 Å². The second kappa shape index (κ2) is 5.06. The van der Waals surface area contributed by atoms with Gasteiger partial charge in [0, 0.05) is 18.9 Å². The van der Waals surface area contributed by atoms with E-state index in [0.717, 1.165) is 13.0 Å². The van der Waals surface area contributed by atoms with Crippen LogP contribution in [0.15, 0.2) is 47.2 Å². The summed E-state index contributed by atoms with van der Waals surface area (Å²) in [6.45, 7) is 0.806. The van der Waals surface area contributed by atoms with Crippen molar-refractivity contribution in [3.05, 3.63) is 59.7 Å². The second-order valence-corrected chi connectivity index (χ2v) is 4.93. The predicted octanol–water partition coefficient (Wildman–Crippen LogP) is 1.91. The standard InChI is InChI=1S/C15H13N5O/c1-2-5-11-9-18-12(8-10(11)4-1)15-19-14(20-21-15)13-16-6-3-7-17-13/h1-7,12,18H,8-9H2. The van der Waals surface area contributed by atoms with Gasteiger partial charge in [0.25, 0.3) is 0 Å². The van der Waals surface area contributed by atoms with Gasteiger partial charge in [-0.3, -0.25) is 0 Å². The molecule has 4 rings (SSSR count). The van der Waals surface area contributed by atoms with Crippen LogP contribution in [0.4, 0.5) is 0 Å². The number of aromatic nitrogens is 4. The van der Waals surface area contributed by atoms with E-state index in [2.05, 4.69) is 49.7 Å². The van der Waals surface area contributed by atoms with E-state index in [0.29, 0.717) is 17.5 Å². The SMILES string of the molecule is c1cnc(-c2noc(C3Cc4ccccc4CN3)n2)nc1. The van der Waals surface area contributed by atoms with Gasteiger partial charge in [-0.1, -0.05) is 29.4 Å². The van der Waals surface area contributed by atoms with Gasteiger partial charge in [-0.05, 0) is 23.6 Å². The molecular formula is C15H13N5O. The van der Waals surface area contributed by atoms with Crippen molar-refractivity contribution in [2.75, 3.05) is 0 Å². The van der Waals surface area contributed by atoms with E-state index < -0.39 is 0 Å². The summed E-state index contributed by atoms with van der Waals surface area (Å²) in [6, 6.07) is 10.2. The Morgan fingerprint density at radius 1 is 1.00 bits per heavy atom. The maximum absolute atomic E-state index is 5.37. The molecule has 6 heteroatoms. The maximum Gasteiger partial charge on any atom is 0.244 e. The average Bonchev–Trinajstić information content (AvgIpc) is 3.05. The number of fused-ring (bicyclic) bond motifs is 1. The molecule has 1 unspecified atom stereocenters. The fourth-order valence-electron chi connectivity index (χ4n) is 2.51. The fraction of sp³-hybridized carbons (Fsp3) is 0.200. The Morgan fingerprint density at radius 2 is 1.81 bits per heavy atom. The van der Waals surface area contributed by atoms with Crippen molar-refractivity contribution in [2.24, 2.45) is 0 Å². The Kier molecular flexibility index (Phi) is 2.93. The van der Waals surface area contributed by atoms with Crippen LogP contribution in [0.3, 0.4) is 0 Å². The van der Waals surface area contributed by atoms with Gasteiger partial charge in [-0.2, -0.15) is 4.98 Å². The summed E-state index contributed by atoms with van der Waals surface area (Å²) in [7, 11) is 0. The molecule has 6 nitrogen and oxygen atoms in total. The first-order valence-electron chi connectivity index (χ1n) is 6.81. The van der Waals surface area contributed by atoms with Gasteiger partial charge in [-0.15, -0.1) is 0 Å². The molecule has 0 spiro atoms. The molecule has 0 aliphatic carbocycles. The molecule has 3 aromatic rings. The third-order valence-corrected chi connectivity index (χ3v) is 3.59. The van der Waals surface area contributed by atoms with Crippen LogP contribution in [0.2, 0.25) is 0 Å². The first-order valence-corrected chi connectivity index (χ1v) is 6.81. The number of nitrogens with one attached hydrogen (secondary N) is 1. The Hall–Kier alpha value is -2.60. The van der Waals surface area contributed by atoms with Gasteiger partial charge < -0.3 is 9.84 Å². The molecule has 1 N–H and O–H groups in total. The molecule has 0 radical (unpaired) electrons. The molecule has 3 heterocycles. The minimum Gasteiger partial charge on any atom is -0.337 e. The third kappa shape index (κ3) is 2.30. The quantitative estimate of drug-likeness (QED) is 0.772. The van der Waals surface area contributed by atoms with E-state index in [1.54, 1.807) is 18.5 Å². The van der Waals surface area contributed by atoms with Crippen molar-refractivity contribution in [1.29, 1.82) is 0 Å². The van der Waals surface area contributed by atoms with Crippen LogP contribution in [-0.4, -0.2) is 20.1 Å². The molecular weight excluding hydrogens is 266 g/mol. The van der Waals surface area contributed by atoms with Crippen molar-refractivity contribution in [3.8, 4) is 11.6 Å². The molecule has 1 aliphatic heterocycles. The van der Waals surface area contributed by atoms with Crippen molar-refractivity contribution in [2.45, 2.75) is 19.0 Å². The Morgan fingerprint density at radius 3 is 2.67 bits per heavy atom. The molecule has 0 saturated carbocycles. The molecule has 1 aromatic carbocycles. The lowest BCUT2D eigenvalue weighted by atomic mass is 9.96. The zero-order valence-corrected chi connectivity index (χ0v) is 11.2. The molecule has 1 aliphatic rings. The zero-order chi connectivity index (χ0) is 14.1. The highest BCUT2D eigenvalue weighted by Gasteiger charge is 2.24. The van der Waals surface area contributed by atoms with E-state index in [1.165, 1.54) is 11.1 Å². The van der Waals surface area contributed by atoms with Gasteiger partial charge in [0.15, 0.2) is 0 Å². The summed E-state index contributed by atoms with van der Waals surface area (Å²) in [5, 5.41) is 7.39. The first kappa shape index (κ1) is 12.2. The molecule has 104 valence electrons. The van der Waals surface area contributed by atoms with Crippen molar-refractivity contribution in [1.82, 2.24) is 25.4 Å². The lowest BCUT2D eigenvalue weighted by Gasteiger charge is -2.23. The van der Waals surface area contributed by atoms with Gasteiger partial charge in [0.05, 0.1) is 6.04 Å². The smallest absolute Gasteiger partial charge is 0.244 e. The van der Waals surface area contributed by atoms with Crippen LogP contribution in [0, 0.1) is 0 Å². The molecule has 0 fully saturated rings. The highest BCUT2D eigenvalue weighted by molar-refractivity contribution is 5.40. The van der Waals surface area contributed by atoms with Gasteiger partial charge in [-0.25, -0.2) is 9.97 Å². The van der Waals surface area contributed by atoms with E-state index in [1.807, 2.05) is 0 Å². The summed E-state index contributed by atoms with van der Waals surface area (Å²) < 4.78 is 5.37. The van der Waals surface area contributed by atoms with Crippen LogP contribution in [-0.2, 0) is 13.0 Å². The first-order chi connectivity index (χ1) is 10.4. The molecule has 21 heavy (non-hydrogen) atoms. The van der Waals surface area contributed by atoms with Crippen molar-refractivity contribution < 1.29 is 4.52 Å². The molecule has 2 aromatic heterocycles. The summed E-state index contributed by atoms with van der Waals surface area (Å²) in [6.07, 6.45) is 4.16. The topological polar surface area (TPSA) is 76.7 Å². The molecule has 0 amide bonds. The largest absolute Gasteiger partial charge is 0.337 e. The average molecular weight is 279 g/mol. The lowest BCUT2D eigenvalue weighted by molar-refractivity contribution is 0.321. The number of nitrogens with zero attached hydrogens (tertiary/aromatic N) is 4. The Labute approximate surface area is 121 Å². The van der Waals surface area contributed by atoms with Crippen LogP contribution >= 0.6 is 0 Å². The maximum atomic E-state index is 5.37. The van der Waals surface area contributed by atoms with Crippen LogP contribution in [0.1, 0.15) is 23.1 Å². The third-order valence-electron chi connectivity index (χ3n) is 3.59. The molecule has 0 saturated heterocycles. The second-order valence-electron chi connectivity index (χ2n) is 4.93. The van der Waals surface area contributed by atoms with E-state index in [4.69, 9.17) is 4.52 Å². The lowest BCUT2D eigenvalue weighted by Crippen LogP contribution is -2.28. The van der Waals surface area contributed by atoms with Gasteiger partial charge in [0.2, 0.25) is 17.5 Å². The zero-order valence-electron chi connectivity index (χ0n) is 11.2. The number of hydrogen-bond donors (Lipinski definition) is 1. The van der Waals surface area contributed by atoms with E-state index in [-0.39, 0.29) is 6.04 Å². The van der Waals surface area contributed by atoms with Crippen molar-refractivity contribution in [3.63, 3.8) is 0 Å². The van der Waals surface area contributed by atoms with Crippen molar-refractivity contribution >= 4 is 0 Å². The predicted molar refractivity (Wildman–Crippen MR) is 75.1 cm³/mol. The summed E-state index contributed by atoms with van der Waals surface area (Å²) in [5.41, 5.74) is 2.64. The Balaban J connectivity index is 1.60. The fourth-order valence-corrected chi connectivity index (χ4v) is 2.51. The molecule has 1 atom stereocenters. The van der Waals surface area contributed by atoms with E-state index >= 15 is 0 Å². The van der Waals surface area contributed by atoms with E-state index in [9.17, 15) is 0 Å². The summed E-state index contributed by atoms with van der Waals surface area (Å²) in [5.74, 6) is 1.47. The van der Waals surface area contributed by atoms with Crippen LogP contribution in [0.25, 0.3) is 11.6 Å². The monoisotopic (exact) mass is 279 g/mol. The van der Waals surface area contributed by atoms with Crippen LogP contribution < -0.4 is 5.32 Å². The summed E-state index contributed by atoms with van der Waals surface area (Å²) in [4.78, 5) is 12.7. The van der Waals surface area contributed by atoms with Crippen LogP contribution in [0.5, 0.6) is 0 Å². The molecule has 0 bridgehead atoms. The summed E-state index contributed by atoms with van der Waals surface area (Å²) >= 11 is 0. The normalized spacial score (nSPS) is 17.4.